The number of hydrogen-bond acceptors (Lipinski definition) is 3. The minimum absolute atomic E-state index is 0.0654. The smallest absolute Gasteiger partial charge is 0.161 e. The Morgan fingerprint density at radius 2 is 2.18 bits per heavy atom. The second-order valence-electron chi connectivity index (χ2n) is 3.27. The van der Waals surface area contributed by atoms with Crippen LogP contribution in [0.3, 0.4) is 0 Å². The molecule has 0 aliphatic rings. The zero-order valence-corrected chi connectivity index (χ0v) is 11.8. The molecule has 0 saturated heterocycles. The normalized spacial score (nSPS) is 10.4. The van der Waals surface area contributed by atoms with Crippen LogP contribution in [0.2, 0.25) is 5.02 Å². The molecule has 88 valence electrons. The molecule has 17 heavy (non-hydrogen) atoms. The van der Waals surface area contributed by atoms with Crippen LogP contribution in [-0.2, 0) is 0 Å². The lowest BCUT2D eigenvalue weighted by molar-refractivity contribution is 0.628. The summed E-state index contributed by atoms with van der Waals surface area (Å²) in [6.45, 7) is 0. The van der Waals surface area contributed by atoms with Crippen molar-refractivity contribution in [2.75, 3.05) is 12.4 Å². The molecule has 0 spiro atoms. The minimum Gasteiger partial charge on any atom is -0.372 e. The highest BCUT2D eigenvalue weighted by Crippen LogP contribution is 2.24. The standard InChI is InChI=1S/C11H8ClFIN3/c1-15-11-9(14)5-16-10(17-11)6-2-3-8(13)7(12)4-6/h2-5H,1H3,(H,15,16,17). The molecule has 0 atom stereocenters. The fourth-order valence-electron chi connectivity index (χ4n) is 1.32. The predicted octanol–water partition coefficient (Wildman–Crippen LogP) is 3.58. The van der Waals surface area contributed by atoms with E-state index in [1.807, 2.05) is 0 Å². The van der Waals surface area contributed by atoms with Crippen molar-refractivity contribution in [1.82, 2.24) is 9.97 Å². The van der Waals surface area contributed by atoms with E-state index in [1.54, 1.807) is 19.3 Å². The molecule has 1 N–H and O–H groups in total. The summed E-state index contributed by atoms with van der Waals surface area (Å²) in [6.07, 6.45) is 1.70. The molecule has 0 bridgehead atoms. The van der Waals surface area contributed by atoms with E-state index in [0.717, 1.165) is 9.39 Å². The fraction of sp³-hybridized carbons (Fsp3) is 0.0909. The second-order valence-corrected chi connectivity index (χ2v) is 4.84. The van der Waals surface area contributed by atoms with E-state index >= 15 is 0 Å². The lowest BCUT2D eigenvalue weighted by Gasteiger charge is -2.06. The van der Waals surface area contributed by atoms with Gasteiger partial charge in [0.15, 0.2) is 5.82 Å². The molecular weight excluding hydrogens is 355 g/mol. The lowest BCUT2D eigenvalue weighted by Crippen LogP contribution is -1.99. The minimum atomic E-state index is -0.449. The highest BCUT2D eigenvalue weighted by Gasteiger charge is 2.08. The Morgan fingerprint density at radius 1 is 1.41 bits per heavy atom. The molecule has 2 aromatic rings. The first-order valence-corrected chi connectivity index (χ1v) is 6.23. The summed E-state index contributed by atoms with van der Waals surface area (Å²) in [5, 5.41) is 3.03. The van der Waals surface area contributed by atoms with Crippen molar-refractivity contribution in [3.63, 3.8) is 0 Å². The van der Waals surface area contributed by atoms with Crippen LogP contribution in [0.1, 0.15) is 0 Å². The van der Waals surface area contributed by atoms with Gasteiger partial charge in [-0.1, -0.05) is 11.6 Å². The first-order valence-electron chi connectivity index (χ1n) is 4.77. The Balaban J connectivity index is 2.49. The van der Waals surface area contributed by atoms with Crippen LogP contribution in [0.25, 0.3) is 11.4 Å². The summed E-state index contributed by atoms with van der Waals surface area (Å²) in [4.78, 5) is 8.51. The second kappa shape index (κ2) is 5.14. The average molecular weight is 364 g/mol. The Morgan fingerprint density at radius 3 is 2.82 bits per heavy atom. The van der Waals surface area contributed by atoms with Crippen LogP contribution in [0.4, 0.5) is 10.2 Å². The molecule has 0 fully saturated rings. The highest BCUT2D eigenvalue weighted by atomic mass is 127. The number of hydrogen-bond donors (Lipinski definition) is 1. The monoisotopic (exact) mass is 363 g/mol. The predicted molar refractivity (Wildman–Crippen MR) is 74.7 cm³/mol. The van der Waals surface area contributed by atoms with Crippen LogP contribution in [0.15, 0.2) is 24.4 Å². The third-order valence-corrected chi connectivity index (χ3v) is 3.24. The van der Waals surface area contributed by atoms with Gasteiger partial charge >= 0.3 is 0 Å². The van der Waals surface area contributed by atoms with Crippen LogP contribution >= 0.6 is 34.2 Å². The van der Waals surface area contributed by atoms with Gasteiger partial charge in [0.1, 0.15) is 11.6 Å². The van der Waals surface area contributed by atoms with Gasteiger partial charge in [-0.25, -0.2) is 14.4 Å². The topological polar surface area (TPSA) is 37.8 Å². The number of rotatable bonds is 2. The first kappa shape index (κ1) is 12.5. The van der Waals surface area contributed by atoms with Crippen molar-refractivity contribution in [3.05, 3.63) is 38.8 Å². The molecule has 0 aliphatic carbocycles. The summed E-state index contributed by atoms with van der Waals surface area (Å²) >= 11 is 7.86. The maximum absolute atomic E-state index is 13.0. The molecule has 0 radical (unpaired) electrons. The summed E-state index contributed by atoms with van der Waals surface area (Å²) in [6, 6.07) is 4.42. The van der Waals surface area contributed by atoms with Crippen molar-refractivity contribution in [3.8, 4) is 11.4 Å². The number of halogens is 3. The number of aromatic nitrogens is 2. The molecular formula is C11H8ClFIN3. The van der Waals surface area contributed by atoms with Crippen molar-refractivity contribution in [2.45, 2.75) is 0 Å². The summed E-state index contributed by atoms with van der Waals surface area (Å²) in [7, 11) is 1.78. The lowest BCUT2D eigenvalue weighted by atomic mass is 10.2. The number of nitrogens with zero attached hydrogens (tertiary/aromatic N) is 2. The molecule has 1 aromatic carbocycles. The highest BCUT2D eigenvalue weighted by molar-refractivity contribution is 14.1. The van der Waals surface area contributed by atoms with Gasteiger partial charge in [0.25, 0.3) is 0 Å². The van der Waals surface area contributed by atoms with Crippen molar-refractivity contribution in [1.29, 1.82) is 0 Å². The van der Waals surface area contributed by atoms with Gasteiger partial charge in [0.2, 0.25) is 0 Å². The SMILES string of the molecule is CNc1nc(-c2ccc(F)c(Cl)c2)ncc1I. The molecule has 6 heteroatoms. The van der Waals surface area contributed by atoms with Crippen LogP contribution in [0.5, 0.6) is 0 Å². The molecule has 1 heterocycles. The maximum atomic E-state index is 13.0. The van der Waals surface area contributed by atoms with Gasteiger partial charge < -0.3 is 5.32 Å². The van der Waals surface area contributed by atoms with E-state index in [1.165, 1.54) is 12.1 Å². The van der Waals surface area contributed by atoms with Gasteiger partial charge in [0.05, 0.1) is 8.59 Å². The van der Waals surface area contributed by atoms with Gasteiger partial charge in [-0.3, -0.25) is 0 Å². The van der Waals surface area contributed by atoms with E-state index in [9.17, 15) is 4.39 Å². The molecule has 0 amide bonds. The van der Waals surface area contributed by atoms with Gasteiger partial charge in [-0.15, -0.1) is 0 Å². The largest absolute Gasteiger partial charge is 0.372 e. The first-order chi connectivity index (χ1) is 8.11. The summed E-state index contributed by atoms with van der Waals surface area (Å²) in [5.74, 6) is 0.794. The van der Waals surface area contributed by atoms with Crippen molar-refractivity contribution >= 4 is 40.0 Å². The number of benzene rings is 1. The summed E-state index contributed by atoms with van der Waals surface area (Å²) in [5.41, 5.74) is 0.685. The van der Waals surface area contributed by atoms with Crippen LogP contribution < -0.4 is 5.32 Å². The Kier molecular flexibility index (Phi) is 3.78. The Labute approximate surface area is 117 Å². The molecule has 1 aromatic heterocycles. The van der Waals surface area contributed by atoms with Crippen molar-refractivity contribution < 1.29 is 4.39 Å². The molecule has 0 aliphatic heterocycles. The molecule has 2 rings (SSSR count). The van der Waals surface area contributed by atoms with Crippen molar-refractivity contribution in [2.24, 2.45) is 0 Å². The Hall–Kier alpha value is -0.950. The van der Waals surface area contributed by atoms with Crippen LogP contribution in [0, 0.1) is 9.39 Å². The van der Waals surface area contributed by atoms with E-state index in [4.69, 9.17) is 11.6 Å². The molecule has 0 unspecified atom stereocenters. The van der Waals surface area contributed by atoms with E-state index in [2.05, 4.69) is 37.9 Å². The Bertz CT molecular complexity index is 562. The average Bonchev–Trinajstić information content (AvgIpc) is 2.33. The fourth-order valence-corrected chi connectivity index (χ4v) is 2.03. The number of nitrogens with one attached hydrogen (secondary N) is 1. The summed E-state index contributed by atoms with van der Waals surface area (Å²) < 4.78 is 14.0. The van der Waals surface area contributed by atoms with Gasteiger partial charge in [-0.2, -0.15) is 0 Å². The third kappa shape index (κ3) is 2.66. The van der Waals surface area contributed by atoms with Crippen LogP contribution in [-0.4, -0.2) is 17.0 Å². The van der Waals surface area contributed by atoms with E-state index in [-0.39, 0.29) is 5.02 Å². The zero-order valence-electron chi connectivity index (χ0n) is 8.84. The number of anilines is 1. The maximum Gasteiger partial charge on any atom is 0.161 e. The van der Waals surface area contributed by atoms with Gasteiger partial charge in [0, 0.05) is 18.8 Å². The van der Waals surface area contributed by atoms with E-state index < -0.39 is 5.82 Å². The van der Waals surface area contributed by atoms with E-state index in [0.29, 0.717) is 11.4 Å². The molecule has 3 nitrogen and oxygen atoms in total. The third-order valence-electron chi connectivity index (χ3n) is 2.16. The molecule has 0 saturated carbocycles. The zero-order chi connectivity index (χ0) is 12.4. The van der Waals surface area contributed by atoms with Gasteiger partial charge in [-0.05, 0) is 40.8 Å². The quantitative estimate of drug-likeness (QED) is 0.829.